The van der Waals surface area contributed by atoms with Gasteiger partial charge in [-0.15, -0.1) is 0 Å². The molecule has 0 saturated carbocycles. The quantitative estimate of drug-likeness (QED) is 0.162. The van der Waals surface area contributed by atoms with Crippen LogP contribution in [0.15, 0.2) is 224 Å². The number of aromatic nitrogens is 3. The summed E-state index contributed by atoms with van der Waals surface area (Å²) in [6.45, 7) is 0. The standard InChI is InChI=1S/C60H37N3/c1-2-16-39(17-3-1)60-62-56-28-14-15-29-58(56)63(60)42-32-30-38(31-33-42)51-37-57(54-35-41-19-5-7-21-44(41)46-23-9-11-25-48(46)54)61-59-50-27-13-12-26-49(50)53(36-55(51)59)52-34-40-18-4-6-20-43(40)45-22-8-10-24-47(45)52/h1-37H. The number of fused-ring (bicyclic) bond motifs is 10. The van der Waals surface area contributed by atoms with Crippen molar-refractivity contribution in [1.29, 1.82) is 0 Å². The normalized spacial score (nSPS) is 11.8. The Hall–Kier alpha value is -8.40. The van der Waals surface area contributed by atoms with Gasteiger partial charge in [-0.3, -0.25) is 4.57 Å². The van der Waals surface area contributed by atoms with Crippen molar-refractivity contribution in [3.63, 3.8) is 0 Å². The van der Waals surface area contributed by atoms with E-state index in [2.05, 4.69) is 229 Å². The van der Waals surface area contributed by atoms with Crippen molar-refractivity contribution in [2.75, 3.05) is 0 Å². The van der Waals surface area contributed by atoms with E-state index in [0.29, 0.717) is 0 Å². The fourth-order valence-corrected chi connectivity index (χ4v) is 10.1. The van der Waals surface area contributed by atoms with Gasteiger partial charge >= 0.3 is 0 Å². The smallest absolute Gasteiger partial charge is 0.145 e. The Balaban J connectivity index is 1.10. The van der Waals surface area contributed by atoms with Gasteiger partial charge < -0.3 is 0 Å². The highest BCUT2D eigenvalue weighted by Gasteiger charge is 2.20. The van der Waals surface area contributed by atoms with Crippen molar-refractivity contribution >= 4 is 75.8 Å². The van der Waals surface area contributed by atoms with Gasteiger partial charge in [0.05, 0.1) is 22.2 Å². The maximum Gasteiger partial charge on any atom is 0.145 e. The van der Waals surface area contributed by atoms with Gasteiger partial charge in [-0.2, -0.15) is 0 Å². The highest BCUT2D eigenvalue weighted by Crippen LogP contribution is 2.45. The van der Waals surface area contributed by atoms with Crippen LogP contribution in [0.4, 0.5) is 0 Å². The van der Waals surface area contributed by atoms with Crippen molar-refractivity contribution in [3.05, 3.63) is 224 Å². The van der Waals surface area contributed by atoms with E-state index in [1.165, 1.54) is 59.6 Å². The molecule has 0 amide bonds. The number of pyridine rings is 1. The van der Waals surface area contributed by atoms with Gasteiger partial charge in [0.1, 0.15) is 5.82 Å². The van der Waals surface area contributed by atoms with E-state index in [9.17, 15) is 0 Å². The lowest BCUT2D eigenvalue weighted by atomic mass is 9.87. The Bertz CT molecular complexity index is 3960. The number of hydrogen-bond acceptors (Lipinski definition) is 2. The summed E-state index contributed by atoms with van der Waals surface area (Å²) >= 11 is 0. The molecule has 13 aromatic rings. The second-order valence-corrected chi connectivity index (χ2v) is 16.5. The number of nitrogens with zero attached hydrogens (tertiary/aromatic N) is 3. The molecule has 2 aromatic heterocycles. The molecular weight excluding hydrogens is 763 g/mol. The van der Waals surface area contributed by atoms with Crippen LogP contribution >= 0.6 is 0 Å². The van der Waals surface area contributed by atoms with E-state index in [0.717, 1.165) is 66.8 Å². The molecule has 3 nitrogen and oxygen atoms in total. The first-order chi connectivity index (χ1) is 31.2. The summed E-state index contributed by atoms with van der Waals surface area (Å²) in [5.41, 5.74) is 11.9. The van der Waals surface area contributed by atoms with E-state index in [-0.39, 0.29) is 0 Å². The second kappa shape index (κ2) is 14.1. The van der Waals surface area contributed by atoms with Crippen LogP contribution in [0.3, 0.4) is 0 Å². The first-order valence-electron chi connectivity index (χ1n) is 21.6. The van der Waals surface area contributed by atoms with Crippen molar-refractivity contribution in [2.45, 2.75) is 0 Å². The van der Waals surface area contributed by atoms with Gasteiger partial charge in [-0.25, -0.2) is 9.97 Å². The molecule has 0 fully saturated rings. The summed E-state index contributed by atoms with van der Waals surface area (Å²) in [4.78, 5) is 10.8. The fourth-order valence-electron chi connectivity index (χ4n) is 10.1. The van der Waals surface area contributed by atoms with Gasteiger partial charge in [-0.05, 0) is 119 Å². The fraction of sp³-hybridized carbons (Fsp3) is 0. The van der Waals surface area contributed by atoms with E-state index >= 15 is 0 Å². The summed E-state index contributed by atoms with van der Waals surface area (Å²) in [7, 11) is 0. The molecule has 0 spiro atoms. The monoisotopic (exact) mass is 799 g/mol. The third-order valence-electron chi connectivity index (χ3n) is 13.0. The Morgan fingerprint density at radius 2 is 0.810 bits per heavy atom. The predicted molar refractivity (Wildman–Crippen MR) is 266 cm³/mol. The van der Waals surface area contributed by atoms with Crippen LogP contribution in [0.2, 0.25) is 0 Å². The molecule has 2 heterocycles. The lowest BCUT2D eigenvalue weighted by Gasteiger charge is -2.18. The van der Waals surface area contributed by atoms with Gasteiger partial charge in [0, 0.05) is 27.6 Å². The summed E-state index contributed by atoms with van der Waals surface area (Å²) in [6, 6.07) is 81.2. The second-order valence-electron chi connectivity index (χ2n) is 16.5. The van der Waals surface area contributed by atoms with Crippen LogP contribution in [0.25, 0.3) is 126 Å². The van der Waals surface area contributed by atoms with Crippen LogP contribution in [-0.2, 0) is 0 Å². The van der Waals surface area contributed by atoms with Crippen molar-refractivity contribution in [3.8, 4) is 50.6 Å². The summed E-state index contributed by atoms with van der Waals surface area (Å²) in [6.07, 6.45) is 0. The number of imidazole rings is 1. The number of rotatable bonds is 5. The van der Waals surface area contributed by atoms with Gasteiger partial charge in [-0.1, -0.05) is 176 Å². The highest BCUT2D eigenvalue weighted by atomic mass is 15.1. The van der Waals surface area contributed by atoms with E-state index in [1.807, 2.05) is 0 Å². The maximum atomic E-state index is 5.69. The largest absolute Gasteiger partial charge is 0.292 e. The summed E-state index contributed by atoms with van der Waals surface area (Å²) in [5, 5.41) is 13.3. The highest BCUT2D eigenvalue weighted by molar-refractivity contribution is 6.22. The SMILES string of the molecule is c1ccc(-c2nc3ccccc3n2-c2ccc(-c3cc(-c4cc5ccccc5c5ccccc45)nc4c3cc(-c3cc5ccccc5c5ccccc35)c3ccccc34)cc2)cc1. The number of para-hydroxylation sites is 2. The topological polar surface area (TPSA) is 30.7 Å². The molecule has 0 unspecified atom stereocenters. The minimum atomic E-state index is 0.920. The zero-order valence-corrected chi connectivity index (χ0v) is 34.2. The van der Waals surface area contributed by atoms with Crippen molar-refractivity contribution in [2.24, 2.45) is 0 Å². The van der Waals surface area contributed by atoms with E-state index in [4.69, 9.17) is 9.97 Å². The molecule has 0 aliphatic rings. The van der Waals surface area contributed by atoms with Crippen LogP contribution < -0.4 is 0 Å². The minimum absolute atomic E-state index is 0.920. The first kappa shape index (κ1) is 35.4. The molecule has 11 aromatic carbocycles. The number of benzene rings is 11. The van der Waals surface area contributed by atoms with Crippen molar-refractivity contribution in [1.82, 2.24) is 14.5 Å². The Morgan fingerprint density at radius 3 is 1.49 bits per heavy atom. The average Bonchev–Trinajstić information content (AvgIpc) is 3.75. The van der Waals surface area contributed by atoms with Crippen LogP contribution in [0.5, 0.6) is 0 Å². The summed E-state index contributed by atoms with van der Waals surface area (Å²) < 4.78 is 2.28. The lowest BCUT2D eigenvalue weighted by molar-refractivity contribution is 1.10. The Morgan fingerprint density at radius 1 is 0.302 bits per heavy atom. The molecule has 0 aliphatic heterocycles. The molecular formula is C60H37N3. The minimum Gasteiger partial charge on any atom is -0.292 e. The van der Waals surface area contributed by atoms with Crippen LogP contribution in [-0.4, -0.2) is 14.5 Å². The zero-order chi connectivity index (χ0) is 41.4. The molecule has 0 aliphatic carbocycles. The zero-order valence-electron chi connectivity index (χ0n) is 34.2. The summed E-state index contributed by atoms with van der Waals surface area (Å²) in [5.74, 6) is 0.920. The van der Waals surface area contributed by atoms with Crippen LogP contribution in [0.1, 0.15) is 0 Å². The van der Waals surface area contributed by atoms with Gasteiger partial charge in [0.25, 0.3) is 0 Å². The Kier molecular flexibility index (Phi) is 7.91. The van der Waals surface area contributed by atoms with Gasteiger partial charge in [0.2, 0.25) is 0 Å². The molecule has 3 heteroatoms. The van der Waals surface area contributed by atoms with E-state index < -0.39 is 0 Å². The lowest BCUT2D eigenvalue weighted by Crippen LogP contribution is -1.98. The maximum absolute atomic E-state index is 5.69. The first-order valence-corrected chi connectivity index (χ1v) is 21.6. The third-order valence-corrected chi connectivity index (χ3v) is 13.0. The molecule has 0 radical (unpaired) electrons. The molecule has 0 N–H and O–H groups in total. The molecule has 292 valence electrons. The molecule has 13 rings (SSSR count). The molecule has 0 bridgehead atoms. The molecule has 63 heavy (non-hydrogen) atoms. The van der Waals surface area contributed by atoms with Crippen LogP contribution in [0, 0.1) is 0 Å². The average molecular weight is 800 g/mol. The molecule has 0 atom stereocenters. The predicted octanol–water partition coefficient (Wildman–Crippen LogP) is 16.0. The third kappa shape index (κ3) is 5.60. The van der Waals surface area contributed by atoms with E-state index in [1.54, 1.807) is 0 Å². The molecule has 0 saturated heterocycles. The Labute approximate surface area is 363 Å². The number of hydrogen-bond donors (Lipinski definition) is 0. The van der Waals surface area contributed by atoms with Crippen molar-refractivity contribution < 1.29 is 0 Å². The van der Waals surface area contributed by atoms with Gasteiger partial charge in [0.15, 0.2) is 0 Å².